The second-order valence-corrected chi connectivity index (χ2v) is 6.26. The Morgan fingerprint density at radius 1 is 1.36 bits per heavy atom. The van der Waals surface area contributed by atoms with Crippen LogP contribution in [0.25, 0.3) is 0 Å². The molecule has 2 heterocycles. The first kappa shape index (κ1) is 17.7. The van der Waals surface area contributed by atoms with Gasteiger partial charge in [-0.1, -0.05) is 17.7 Å². The van der Waals surface area contributed by atoms with Gasteiger partial charge in [-0.05, 0) is 43.3 Å². The molecular weight excluding hydrogens is 340 g/mol. The first-order valence-corrected chi connectivity index (χ1v) is 8.68. The van der Waals surface area contributed by atoms with Crippen LogP contribution in [0.2, 0.25) is 5.02 Å². The van der Waals surface area contributed by atoms with Gasteiger partial charge in [0.1, 0.15) is 5.82 Å². The molecule has 1 saturated heterocycles. The van der Waals surface area contributed by atoms with Crippen LogP contribution in [0.5, 0.6) is 0 Å². The molecule has 132 valence electrons. The van der Waals surface area contributed by atoms with E-state index in [9.17, 15) is 4.79 Å². The van der Waals surface area contributed by atoms with E-state index in [0.717, 1.165) is 26.1 Å². The van der Waals surface area contributed by atoms with Crippen LogP contribution in [0.4, 0.5) is 11.5 Å². The van der Waals surface area contributed by atoms with Crippen LogP contribution < -0.4 is 16.0 Å². The number of ether oxygens (including phenoxy) is 1. The van der Waals surface area contributed by atoms with E-state index in [1.165, 1.54) is 0 Å². The van der Waals surface area contributed by atoms with Gasteiger partial charge in [0, 0.05) is 36.6 Å². The summed E-state index contributed by atoms with van der Waals surface area (Å²) in [5.74, 6) is 0.491. The molecule has 0 spiro atoms. The number of nitrogens with one attached hydrogen (secondary N) is 3. The Kier molecular flexibility index (Phi) is 6.22. The van der Waals surface area contributed by atoms with Crippen LogP contribution in [0.3, 0.4) is 0 Å². The molecule has 3 rings (SSSR count). The molecular formula is C18H21ClN4O2. The van der Waals surface area contributed by atoms with Crippen molar-refractivity contribution in [1.82, 2.24) is 10.3 Å². The smallest absolute Gasteiger partial charge is 0.257 e. The molecule has 0 bridgehead atoms. The van der Waals surface area contributed by atoms with Crippen molar-refractivity contribution in [3.8, 4) is 0 Å². The topological polar surface area (TPSA) is 75.3 Å². The van der Waals surface area contributed by atoms with Crippen molar-refractivity contribution < 1.29 is 9.53 Å². The van der Waals surface area contributed by atoms with Crippen LogP contribution in [0, 0.1) is 0 Å². The predicted molar refractivity (Wildman–Crippen MR) is 99.4 cm³/mol. The summed E-state index contributed by atoms with van der Waals surface area (Å²) in [6.45, 7) is 3.27. The SMILES string of the molecule is O=C(Nc1cccc(Cl)c1)c1ccc(NCC2CNCCCO2)nc1. The van der Waals surface area contributed by atoms with Crippen molar-refractivity contribution >= 4 is 29.0 Å². The summed E-state index contributed by atoms with van der Waals surface area (Å²) < 4.78 is 5.73. The number of benzene rings is 1. The molecule has 6 nitrogen and oxygen atoms in total. The maximum atomic E-state index is 12.2. The largest absolute Gasteiger partial charge is 0.375 e. The lowest BCUT2D eigenvalue weighted by Gasteiger charge is -2.16. The lowest BCUT2D eigenvalue weighted by Crippen LogP contribution is -2.32. The van der Waals surface area contributed by atoms with E-state index in [4.69, 9.17) is 16.3 Å². The van der Waals surface area contributed by atoms with E-state index in [1.807, 2.05) is 0 Å². The highest BCUT2D eigenvalue weighted by atomic mass is 35.5. The molecule has 1 aliphatic rings. The molecule has 1 atom stereocenters. The summed E-state index contributed by atoms with van der Waals surface area (Å²) in [4.78, 5) is 16.5. The second-order valence-electron chi connectivity index (χ2n) is 5.83. The lowest BCUT2D eigenvalue weighted by molar-refractivity contribution is 0.0761. The predicted octanol–water partition coefficient (Wildman–Crippen LogP) is 2.78. The highest BCUT2D eigenvalue weighted by molar-refractivity contribution is 6.30. The molecule has 1 aromatic carbocycles. The van der Waals surface area contributed by atoms with Gasteiger partial charge < -0.3 is 20.7 Å². The highest BCUT2D eigenvalue weighted by Crippen LogP contribution is 2.16. The third-order valence-electron chi connectivity index (χ3n) is 3.84. The number of hydrogen-bond acceptors (Lipinski definition) is 5. The summed E-state index contributed by atoms with van der Waals surface area (Å²) in [6.07, 6.45) is 2.70. The Balaban J connectivity index is 1.53. The third-order valence-corrected chi connectivity index (χ3v) is 4.08. The zero-order chi connectivity index (χ0) is 17.5. The van der Waals surface area contributed by atoms with E-state index in [-0.39, 0.29) is 12.0 Å². The molecule has 1 aromatic heterocycles. The van der Waals surface area contributed by atoms with Gasteiger partial charge in [-0.25, -0.2) is 4.98 Å². The fraction of sp³-hybridized carbons (Fsp3) is 0.333. The number of halogens is 1. The molecule has 2 aromatic rings. The van der Waals surface area contributed by atoms with Crippen LogP contribution in [-0.4, -0.2) is 43.2 Å². The van der Waals surface area contributed by atoms with E-state index < -0.39 is 0 Å². The van der Waals surface area contributed by atoms with Crippen molar-refractivity contribution in [2.45, 2.75) is 12.5 Å². The summed E-state index contributed by atoms with van der Waals surface area (Å²) in [5, 5.41) is 9.95. The van der Waals surface area contributed by atoms with Crippen molar-refractivity contribution in [2.75, 3.05) is 36.9 Å². The van der Waals surface area contributed by atoms with Crippen molar-refractivity contribution in [2.24, 2.45) is 0 Å². The molecule has 0 saturated carbocycles. The molecule has 0 radical (unpaired) electrons. The number of amides is 1. The summed E-state index contributed by atoms with van der Waals surface area (Å²) in [5.41, 5.74) is 1.13. The normalized spacial score (nSPS) is 17.6. The van der Waals surface area contributed by atoms with Crippen LogP contribution in [-0.2, 0) is 4.74 Å². The number of aromatic nitrogens is 1. The average molecular weight is 361 g/mol. The first-order chi connectivity index (χ1) is 12.2. The zero-order valence-corrected chi connectivity index (χ0v) is 14.6. The number of carbonyl (C=O) groups is 1. The number of hydrogen-bond donors (Lipinski definition) is 3. The Morgan fingerprint density at radius 2 is 2.28 bits per heavy atom. The molecule has 25 heavy (non-hydrogen) atoms. The van der Waals surface area contributed by atoms with Gasteiger partial charge in [-0.2, -0.15) is 0 Å². The van der Waals surface area contributed by atoms with Crippen molar-refractivity contribution in [3.05, 3.63) is 53.2 Å². The minimum atomic E-state index is -0.224. The van der Waals surface area contributed by atoms with Gasteiger partial charge in [0.05, 0.1) is 11.7 Å². The minimum Gasteiger partial charge on any atom is -0.375 e. The fourth-order valence-corrected chi connectivity index (χ4v) is 2.71. The van der Waals surface area contributed by atoms with Gasteiger partial charge in [0.25, 0.3) is 5.91 Å². The van der Waals surface area contributed by atoms with E-state index >= 15 is 0 Å². The second kappa shape index (κ2) is 8.80. The number of carbonyl (C=O) groups excluding carboxylic acids is 1. The number of anilines is 2. The van der Waals surface area contributed by atoms with Crippen LogP contribution in [0.1, 0.15) is 16.8 Å². The lowest BCUT2D eigenvalue weighted by atomic mass is 10.2. The van der Waals surface area contributed by atoms with Gasteiger partial charge >= 0.3 is 0 Å². The Hall–Kier alpha value is -2.15. The molecule has 3 N–H and O–H groups in total. The Labute approximate surface area is 151 Å². The average Bonchev–Trinajstić information content (AvgIpc) is 2.89. The fourth-order valence-electron chi connectivity index (χ4n) is 2.52. The minimum absolute atomic E-state index is 0.120. The number of pyridine rings is 1. The van der Waals surface area contributed by atoms with Crippen LogP contribution >= 0.6 is 11.6 Å². The Bertz CT molecular complexity index is 700. The summed E-state index contributed by atoms with van der Waals surface area (Å²) >= 11 is 5.92. The molecule has 7 heteroatoms. The van der Waals surface area contributed by atoms with Gasteiger partial charge in [0.15, 0.2) is 0 Å². The highest BCUT2D eigenvalue weighted by Gasteiger charge is 2.12. The number of rotatable bonds is 5. The monoisotopic (exact) mass is 360 g/mol. The van der Waals surface area contributed by atoms with Crippen LogP contribution in [0.15, 0.2) is 42.6 Å². The summed E-state index contributed by atoms with van der Waals surface area (Å²) in [7, 11) is 0. The van der Waals surface area contributed by atoms with Crippen molar-refractivity contribution in [3.63, 3.8) is 0 Å². The van der Waals surface area contributed by atoms with E-state index in [1.54, 1.807) is 42.6 Å². The zero-order valence-electron chi connectivity index (χ0n) is 13.8. The van der Waals surface area contributed by atoms with E-state index in [2.05, 4.69) is 20.9 Å². The standard InChI is InChI=1S/C18H21ClN4O2/c19-14-3-1-4-15(9-14)23-18(24)13-5-6-17(21-10-13)22-12-16-11-20-7-2-8-25-16/h1,3-6,9-10,16,20H,2,7-8,11-12H2,(H,21,22)(H,23,24). The number of nitrogens with zero attached hydrogens (tertiary/aromatic N) is 1. The molecule has 1 amide bonds. The maximum absolute atomic E-state index is 12.2. The third kappa shape index (κ3) is 5.42. The quantitative estimate of drug-likeness (QED) is 0.764. The first-order valence-electron chi connectivity index (χ1n) is 8.30. The summed E-state index contributed by atoms with van der Waals surface area (Å²) in [6, 6.07) is 10.6. The maximum Gasteiger partial charge on any atom is 0.257 e. The molecule has 1 unspecified atom stereocenters. The molecule has 1 aliphatic heterocycles. The van der Waals surface area contributed by atoms with Crippen molar-refractivity contribution in [1.29, 1.82) is 0 Å². The Morgan fingerprint density at radius 3 is 3.08 bits per heavy atom. The molecule has 1 fully saturated rings. The van der Waals surface area contributed by atoms with Gasteiger partial charge in [0.2, 0.25) is 0 Å². The molecule has 0 aliphatic carbocycles. The van der Waals surface area contributed by atoms with Gasteiger partial charge in [-0.15, -0.1) is 0 Å². The van der Waals surface area contributed by atoms with Gasteiger partial charge in [-0.3, -0.25) is 4.79 Å². The van der Waals surface area contributed by atoms with E-state index in [0.29, 0.717) is 28.6 Å².